The number of carbonyl (C=O) groups excluding carboxylic acids is 1. The predicted molar refractivity (Wildman–Crippen MR) is 56.4 cm³/mol. The number of hydrogen-bond donors (Lipinski definition) is 0. The second kappa shape index (κ2) is 3.84. The number of para-hydroxylation sites is 1. The Labute approximate surface area is 96.6 Å². The van der Waals surface area contributed by atoms with E-state index in [-0.39, 0.29) is 29.3 Å². The number of carbonyl (C=O) groups is 1. The van der Waals surface area contributed by atoms with E-state index in [1.165, 1.54) is 18.2 Å². The van der Waals surface area contributed by atoms with Gasteiger partial charge < -0.3 is 9.47 Å². The minimum Gasteiger partial charge on any atom is -0.395 e. The number of alkyl halides is 2. The van der Waals surface area contributed by atoms with Crippen LogP contribution >= 0.6 is 0 Å². The Balaban J connectivity index is 2.36. The lowest BCUT2D eigenvalue weighted by Gasteiger charge is -2.06. The summed E-state index contributed by atoms with van der Waals surface area (Å²) in [7, 11) is 0. The first kappa shape index (κ1) is 11.6. The van der Waals surface area contributed by atoms with Crippen LogP contribution in [0.15, 0.2) is 30.4 Å². The molecular formula is C12H10F2O3. The third-order valence-electron chi connectivity index (χ3n) is 2.19. The van der Waals surface area contributed by atoms with Crippen LogP contribution in [0.1, 0.15) is 23.7 Å². The van der Waals surface area contributed by atoms with E-state index in [2.05, 4.69) is 16.1 Å². The fourth-order valence-electron chi connectivity index (χ4n) is 1.56. The standard InChI is InChI=1S/C12H10F2O3/c1-7(2)6-9(15)8-4-3-5-10-11(8)17-12(13,14)16-10/h3-5H,1,6H2,2H3. The quantitative estimate of drug-likeness (QED) is 0.601. The van der Waals surface area contributed by atoms with Gasteiger partial charge in [-0.25, -0.2) is 0 Å². The molecule has 1 aliphatic heterocycles. The smallest absolute Gasteiger partial charge is 0.395 e. The van der Waals surface area contributed by atoms with Crippen LogP contribution < -0.4 is 9.47 Å². The van der Waals surface area contributed by atoms with Crippen LogP contribution in [0.5, 0.6) is 11.5 Å². The summed E-state index contributed by atoms with van der Waals surface area (Å²) in [6, 6.07) is 4.22. The van der Waals surface area contributed by atoms with Gasteiger partial charge in [-0.05, 0) is 19.1 Å². The summed E-state index contributed by atoms with van der Waals surface area (Å²) < 4.78 is 34.3. The minimum atomic E-state index is -3.71. The zero-order valence-corrected chi connectivity index (χ0v) is 9.13. The van der Waals surface area contributed by atoms with Crippen LogP contribution in [0.4, 0.5) is 8.78 Å². The van der Waals surface area contributed by atoms with Crippen LogP contribution in [0.3, 0.4) is 0 Å². The van der Waals surface area contributed by atoms with Crippen molar-refractivity contribution in [1.29, 1.82) is 0 Å². The average molecular weight is 240 g/mol. The van der Waals surface area contributed by atoms with Crippen molar-refractivity contribution < 1.29 is 23.0 Å². The molecule has 1 heterocycles. The summed E-state index contributed by atoms with van der Waals surface area (Å²) in [5.74, 6) is -0.651. The molecule has 1 aromatic rings. The van der Waals surface area contributed by atoms with Crippen LogP contribution in [0.2, 0.25) is 0 Å². The van der Waals surface area contributed by atoms with Gasteiger partial charge in [0.25, 0.3) is 0 Å². The van der Waals surface area contributed by atoms with Crippen molar-refractivity contribution in [1.82, 2.24) is 0 Å². The van der Waals surface area contributed by atoms with Crippen LogP contribution in [0.25, 0.3) is 0 Å². The van der Waals surface area contributed by atoms with Crippen molar-refractivity contribution in [3.8, 4) is 11.5 Å². The number of ketones is 1. The van der Waals surface area contributed by atoms with E-state index < -0.39 is 6.29 Å². The molecule has 0 atom stereocenters. The Hall–Kier alpha value is -1.91. The molecule has 0 unspecified atom stereocenters. The lowest BCUT2D eigenvalue weighted by molar-refractivity contribution is -0.286. The lowest BCUT2D eigenvalue weighted by Crippen LogP contribution is -2.26. The largest absolute Gasteiger partial charge is 0.586 e. The second-order valence-electron chi connectivity index (χ2n) is 3.86. The minimum absolute atomic E-state index is 0.0858. The first-order chi connectivity index (χ1) is 7.89. The number of ether oxygens (including phenoxy) is 2. The molecule has 0 amide bonds. The number of halogens is 2. The Morgan fingerprint density at radius 1 is 1.41 bits per heavy atom. The third kappa shape index (κ3) is 2.27. The molecule has 0 aromatic heterocycles. The highest BCUT2D eigenvalue weighted by molar-refractivity contribution is 6.00. The van der Waals surface area contributed by atoms with Crippen molar-refractivity contribution >= 4 is 5.78 Å². The molecule has 0 spiro atoms. The van der Waals surface area contributed by atoms with Crippen LogP contribution in [-0.2, 0) is 0 Å². The van der Waals surface area contributed by atoms with E-state index in [1.54, 1.807) is 6.92 Å². The van der Waals surface area contributed by atoms with Crippen molar-refractivity contribution in [2.45, 2.75) is 19.6 Å². The molecule has 1 aliphatic rings. The predicted octanol–water partition coefficient (Wildman–Crippen LogP) is 3.16. The molecule has 90 valence electrons. The number of rotatable bonds is 3. The molecular weight excluding hydrogens is 230 g/mol. The fourth-order valence-corrected chi connectivity index (χ4v) is 1.56. The average Bonchev–Trinajstić information content (AvgIpc) is 2.49. The highest BCUT2D eigenvalue weighted by Crippen LogP contribution is 2.43. The summed E-state index contributed by atoms with van der Waals surface area (Å²) in [6.45, 7) is 5.29. The van der Waals surface area contributed by atoms with E-state index in [4.69, 9.17) is 0 Å². The van der Waals surface area contributed by atoms with Crippen molar-refractivity contribution in [2.75, 3.05) is 0 Å². The fraction of sp³-hybridized carbons (Fsp3) is 0.250. The van der Waals surface area contributed by atoms with E-state index in [1.807, 2.05) is 0 Å². The first-order valence-corrected chi connectivity index (χ1v) is 4.95. The molecule has 0 fully saturated rings. The highest BCUT2D eigenvalue weighted by Gasteiger charge is 2.45. The number of fused-ring (bicyclic) bond motifs is 1. The van der Waals surface area contributed by atoms with Crippen molar-refractivity contribution in [2.24, 2.45) is 0 Å². The number of benzene rings is 1. The number of hydrogen-bond acceptors (Lipinski definition) is 3. The second-order valence-corrected chi connectivity index (χ2v) is 3.86. The van der Waals surface area contributed by atoms with E-state index >= 15 is 0 Å². The van der Waals surface area contributed by atoms with Crippen molar-refractivity contribution in [3.05, 3.63) is 35.9 Å². The maximum absolute atomic E-state index is 12.9. The van der Waals surface area contributed by atoms with Crippen LogP contribution in [-0.4, -0.2) is 12.1 Å². The van der Waals surface area contributed by atoms with Gasteiger partial charge in [-0.15, -0.1) is 8.78 Å². The van der Waals surface area contributed by atoms with Crippen molar-refractivity contribution in [3.63, 3.8) is 0 Å². The van der Waals surface area contributed by atoms with E-state index in [0.717, 1.165) is 0 Å². The van der Waals surface area contributed by atoms with Gasteiger partial charge >= 0.3 is 6.29 Å². The Morgan fingerprint density at radius 3 is 2.76 bits per heavy atom. The maximum Gasteiger partial charge on any atom is 0.586 e. The molecule has 1 aromatic carbocycles. The number of Topliss-reactive ketones (excluding diaryl/α,β-unsaturated/α-hetero) is 1. The Bertz CT molecular complexity index is 495. The molecule has 0 radical (unpaired) electrons. The zero-order chi connectivity index (χ0) is 12.6. The van der Waals surface area contributed by atoms with Gasteiger partial charge in [0.05, 0.1) is 5.56 Å². The molecule has 17 heavy (non-hydrogen) atoms. The topological polar surface area (TPSA) is 35.5 Å². The summed E-state index contributed by atoms with van der Waals surface area (Å²) in [5, 5.41) is 0. The van der Waals surface area contributed by atoms with Gasteiger partial charge in [-0.2, -0.15) is 0 Å². The van der Waals surface area contributed by atoms with Gasteiger partial charge in [0.1, 0.15) is 0 Å². The SMILES string of the molecule is C=C(C)CC(=O)c1cccc2c1OC(F)(F)O2. The van der Waals surface area contributed by atoms with Gasteiger partial charge in [-0.1, -0.05) is 18.2 Å². The molecule has 5 heteroatoms. The molecule has 0 bridgehead atoms. The molecule has 0 aliphatic carbocycles. The van der Waals surface area contributed by atoms with E-state index in [0.29, 0.717) is 5.57 Å². The van der Waals surface area contributed by atoms with Crippen LogP contribution in [0, 0.1) is 0 Å². The van der Waals surface area contributed by atoms with Gasteiger partial charge in [0.15, 0.2) is 17.3 Å². The highest BCUT2D eigenvalue weighted by atomic mass is 19.3. The Morgan fingerprint density at radius 2 is 2.12 bits per heavy atom. The third-order valence-corrected chi connectivity index (χ3v) is 2.19. The summed E-state index contributed by atoms with van der Waals surface area (Å²) >= 11 is 0. The molecule has 3 nitrogen and oxygen atoms in total. The summed E-state index contributed by atoms with van der Waals surface area (Å²) in [4.78, 5) is 11.8. The monoisotopic (exact) mass is 240 g/mol. The Kier molecular flexibility index (Phi) is 2.61. The lowest BCUT2D eigenvalue weighted by atomic mass is 10.0. The summed E-state index contributed by atoms with van der Waals surface area (Å²) in [6.07, 6.45) is -3.62. The molecule has 2 rings (SSSR count). The zero-order valence-electron chi connectivity index (χ0n) is 9.13. The summed E-state index contributed by atoms with van der Waals surface area (Å²) in [5.41, 5.74) is 0.737. The van der Waals surface area contributed by atoms with Gasteiger partial charge in [0.2, 0.25) is 0 Å². The first-order valence-electron chi connectivity index (χ1n) is 4.95. The molecule has 0 saturated heterocycles. The van der Waals surface area contributed by atoms with Gasteiger partial charge in [-0.3, -0.25) is 4.79 Å². The normalized spacial score (nSPS) is 15.7. The number of allylic oxidation sites excluding steroid dienone is 1. The van der Waals surface area contributed by atoms with E-state index in [9.17, 15) is 13.6 Å². The van der Waals surface area contributed by atoms with Gasteiger partial charge in [0, 0.05) is 6.42 Å². The maximum atomic E-state index is 12.9. The molecule has 0 N–H and O–H groups in total. The molecule has 0 saturated carbocycles.